The fourth-order valence-corrected chi connectivity index (χ4v) is 4.73. The summed E-state index contributed by atoms with van der Waals surface area (Å²) in [6.45, 7) is 3.88. The zero-order valence-corrected chi connectivity index (χ0v) is 17.4. The van der Waals surface area contributed by atoms with Crippen molar-refractivity contribution in [2.45, 2.75) is 46.0 Å². The fraction of sp³-hybridized carbons (Fsp3) is 0.478. The van der Waals surface area contributed by atoms with Crippen molar-refractivity contribution in [1.82, 2.24) is 9.78 Å². The van der Waals surface area contributed by atoms with Crippen molar-refractivity contribution >= 4 is 23.3 Å². The molecule has 1 aromatic carbocycles. The molecule has 1 heterocycles. The zero-order valence-electron chi connectivity index (χ0n) is 17.4. The van der Waals surface area contributed by atoms with E-state index in [1.807, 2.05) is 31.2 Å². The second kappa shape index (κ2) is 8.42. The fourth-order valence-electron chi connectivity index (χ4n) is 4.73. The van der Waals surface area contributed by atoms with Crippen LogP contribution in [0, 0.1) is 24.7 Å². The van der Waals surface area contributed by atoms with Crippen LogP contribution in [-0.2, 0) is 14.3 Å². The average molecular weight is 409 g/mol. The maximum atomic E-state index is 12.9. The highest BCUT2D eigenvalue weighted by Crippen LogP contribution is 2.40. The number of Topliss-reactive ketones (excluding diaryl/α,β-unsaturated/α-hetero) is 1. The van der Waals surface area contributed by atoms with Crippen LogP contribution in [0.15, 0.2) is 30.5 Å². The van der Waals surface area contributed by atoms with Crippen molar-refractivity contribution in [3.63, 3.8) is 0 Å². The van der Waals surface area contributed by atoms with Gasteiger partial charge in [0.05, 0.1) is 24.2 Å². The van der Waals surface area contributed by atoms with Gasteiger partial charge in [0.2, 0.25) is 5.91 Å². The monoisotopic (exact) mass is 409 g/mol. The number of fused-ring (bicyclic) bond motifs is 2. The zero-order chi connectivity index (χ0) is 21.3. The minimum atomic E-state index is -0.400. The highest BCUT2D eigenvalue weighted by Gasteiger charge is 2.41. The van der Waals surface area contributed by atoms with Crippen LogP contribution in [0.5, 0.6) is 0 Å². The molecule has 0 saturated heterocycles. The molecule has 158 valence electrons. The Morgan fingerprint density at radius 3 is 2.67 bits per heavy atom. The molecule has 3 atom stereocenters. The Kier molecular flexibility index (Phi) is 5.70. The molecule has 4 rings (SSSR count). The second-order valence-electron chi connectivity index (χ2n) is 8.21. The van der Waals surface area contributed by atoms with Gasteiger partial charge in [0.25, 0.3) is 0 Å². The van der Waals surface area contributed by atoms with Crippen molar-refractivity contribution in [2.24, 2.45) is 17.8 Å². The predicted molar refractivity (Wildman–Crippen MR) is 111 cm³/mol. The number of hydrogen-bond acceptors (Lipinski definition) is 5. The molecule has 30 heavy (non-hydrogen) atoms. The Morgan fingerprint density at radius 1 is 1.23 bits per heavy atom. The molecule has 0 radical (unpaired) electrons. The van der Waals surface area contributed by atoms with E-state index in [1.165, 1.54) is 6.20 Å². The summed E-state index contributed by atoms with van der Waals surface area (Å²) in [5, 5.41) is 7.32. The molecule has 7 nitrogen and oxygen atoms in total. The van der Waals surface area contributed by atoms with E-state index < -0.39 is 5.97 Å². The van der Waals surface area contributed by atoms with Crippen LogP contribution in [0.2, 0.25) is 0 Å². The van der Waals surface area contributed by atoms with Gasteiger partial charge in [0.15, 0.2) is 0 Å². The number of amides is 1. The van der Waals surface area contributed by atoms with E-state index in [0.717, 1.165) is 24.9 Å². The Bertz CT molecular complexity index is 965. The number of esters is 1. The molecule has 2 aliphatic rings. The Labute approximate surface area is 175 Å². The van der Waals surface area contributed by atoms with E-state index in [0.29, 0.717) is 42.2 Å². The summed E-state index contributed by atoms with van der Waals surface area (Å²) in [5.41, 5.74) is 2.52. The third-order valence-corrected chi connectivity index (χ3v) is 6.28. The molecule has 1 unspecified atom stereocenters. The van der Waals surface area contributed by atoms with E-state index in [2.05, 4.69) is 10.4 Å². The van der Waals surface area contributed by atoms with Crippen LogP contribution in [-0.4, -0.2) is 34.0 Å². The number of aromatic nitrogens is 2. The van der Waals surface area contributed by atoms with Gasteiger partial charge < -0.3 is 10.1 Å². The number of nitrogens with zero attached hydrogens (tertiary/aromatic N) is 2. The minimum Gasteiger partial charge on any atom is -0.462 e. The lowest BCUT2D eigenvalue weighted by Crippen LogP contribution is -2.40. The number of hydrogen-bond donors (Lipinski definition) is 1. The quantitative estimate of drug-likeness (QED) is 0.761. The lowest BCUT2D eigenvalue weighted by atomic mass is 9.67. The molecule has 1 amide bonds. The summed E-state index contributed by atoms with van der Waals surface area (Å²) in [4.78, 5) is 37.2. The molecule has 0 aliphatic heterocycles. The number of ketones is 1. The highest BCUT2D eigenvalue weighted by molar-refractivity contribution is 5.95. The van der Waals surface area contributed by atoms with Crippen LogP contribution < -0.4 is 5.32 Å². The number of nitrogens with one attached hydrogen (secondary N) is 1. The topological polar surface area (TPSA) is 90.3 Å². The first kappa shape index (κ1) is 20.3. The molecule has 2 aliphatic carbocycles. The predicted octanol–water partition coefficient (Wildman–Crippen LogP) is 3.69. The number of anilines is 1. The van der Waals surface area contributed by atoms with Gasteiger partial charge in [-0.1, -0.05) is 12.5 Å². The molecule has 2 bridgehead atoms. The van der Waals surface area contributed by atoms with Gasteiger partial charge in [-0.05, 0) is 57.7 Å². The van der Waals surface area contributed by atoms with Crippen LogP contribution in [0.25, 0.3) is 5.69 Å². The van der Waals surface area contributed by atoms with Gasteiger partial charge >= 0.3 is 5.97 Å². The van der Waals surface area contributed by atoms with Crippen molar-refractivity contribution in [3.05, 3.63) is 41.7 Å². The lowest BCUT2D eigenvalue weighted by Gasteiger charge is -2.36. The summed E-state index contributed by atoms with van der Waals surface area (Å²) >= 11 is 0. The smallest absolute Gasteiger partial charge is 0.341 e. The third-order valence-electron chi connectivity index (χ3n) is 6.28. The SMILES string of the molecule is CCOC(=O)c1cnn(-c2cccc(NC(=O)C3C[C@H]4CCC[C@@H](C3)C4=O)c2)c1C. The number of ether oxygens (including phenoxy) is 1. The number of rotatable bonds is 5. The molecule has 2 saturated carbocycles. The van der Waals surface area contributed by atoms with E-state index >= 15 is 0 Å². The average Bonchev–Trinajstić information content (AvgIpc) is 3.09. The standard InChI is InChI=1S/C23H27N3O4/c1-3-30-23(29)20-13-24-26(14(20)2)19-9-5-8-18(12-19)25-22(28)17-10-15-6-4-7-16(11-17)21(15)27/h5,8-9,12-13,15-17H,3-4,6-7,10-11H2,1-2H3,(H,25,28)/t15-,16+,17?. The molecule has 2 aromatic rings. The van der Waals surface area contributed by atoms with Crippen molar-refractivity contribution in [3.8, 4) is 5.69 Å². The Balaban J connectivity index is 1.48. The van der Waals surface area contributed by atoms with E-state index in [1.54, 1.807) is 11.6 Å². The molecule has 0 spiro atoms. The summed E-state index contributed by atoms with van der Waals surface area (Å²) < 4.78 is 6.73. The summed E-state index contributed by atoms with van der Waals surface area (Å²) in [6, 6.07) is 7.38. The third kappa shape index (κ3) is 3.88. The van der Waals surface area contributed by atoms with Crippen LogP contribution in [0.3, 0.4) is 0 Å². The van der Waals surface area contributed by atoms with Crippen LogP contribution in [0.4, 0.5) is 5.69 Å². The Morgan fingerprint density at radius 2 is 1.97 bits per heavy atom. The summed E-state index contributed by atoms with van der Waals surface area (Å²) in [7, 11) is 0. The first-order valence-corrected chi connectivity index (χ1v) is 10.6. The molecule has 1 aromatic heterocycles. The van der Waals surface area contributed by atoms with E-state index in [-0.39, 0.29) is 23.7 Å². The van der Waals surface area contributed by atoms with Crippen LogP contribution in [0.1, 0.15) is 55.1 Å². The van der Waals surface area contributed by atoms with Crippen LogP contribution >= 0.6 is 0 Å². The molecular formula is C23H27N3O4. The van der Waals surface area contributed by atoms with E-state index in [9.17, 15) is 14.4 Å². The van der Waals surface area contributed by atoms with E-state index in [4.69, 9.17) is 4.74 Å². The van der Waals surface area contributed by atoms with Gasteiger partial charge in [-0.25, -0.2) is 9.48 Å². The molecular weight excluding hydrogens is 382 g/mol. The molecule has 2 fully saturated rings. The number of carbonyl (C=O) groups excluding carboxylic acids is 3. The van der Waals surface area contributed by atoms with Gasteiger partial charge in [0.1, 0.15) is 11.3 Å². The summed E-state index contributed by atoms with van der Waals surface area (Å²) in [6.07, 6.45) is 5.72. The van der Waals surface area contributed by atoms with Crippen molar-refractivity contribution in [2.75, 3.05) is 11.9 Å². The normalized spacial score (nSPS) is 23.1. The van der Waals surface area contributed by atoms with Gasteiger partial charge in [-0.15, -0.1) is 0 Å². The maximum absolute atomic E-state index is 12.9. The number of carbonyl (C=O) groups is 3. The van der Waals surface area contributed by atoms with Gasteiger partial charge in [-0.2, -0.15) is 5.10 Å². The van der Waals surface area contributed by atoms with Crippen molar-refractivity contribution < 1.29 is 19.1 Å². The molecule has 1 N–H and O–H groups in total. The van der Waals surface area contributed by atoms with Gasteiger partial charge in [-0.3, -0.25) is 9.59 Å². The largest absolute Gasteiger partial charge is 0.462 e. The second-order valence-corrected chi connectivity index (χ2v) is 8.21. The van der Waals surface area contributed by atoms with Gasteiger partial charge in [0, 0.05) is 23.4 Å². The Hall–Kier alpha value is -2.96. The van der Waals surface area contributed by atoms with Crippen molar-refractivity contribution in [1.29, 1.82) is 0 Å². The minimum absolute atomic E-state index is 0.0269. The number of benzene rings is 1. The summed E-state index contributed by atoms with van der Waals surface area (Å²) in [5.74, 6) is -0.0911. The lowest BCUT2D eigenvalue weighted by molar-refractivity contribution is -0.136. The maximum Gasteiger partial charge on any atom is 0.341 e. The molecule has 7 heteroatoms. The highest BCUT2D eigenvalue weighted by atomic mass is 16.5. The first-order valence-electron chi connectivity index (χ1n) is 10.6. The first-order chi connectivity index (χ1) is 14.5.